The molecule has 0 unspecified atom stereocenters. The van der Waals surface area contributed by atoms with Crippen molar-refractivity contribution in [3.05, 3.63) is 47.0 Å². The average molecular weight is 314 g/mol. The number of aromatic nitrogens is 2. The van der Waals surface area contributed by atoms with Crippen molar-refractivity contribution in [2.75, 3.05) is 33.5 Å². The smallest absolute Gasteiger partial charge is 0.133 e. The molecule has 0 spiro atoms. The van der Waals surface area contributed by atoms with Crippen LogP contribution in [0.4, 0.5) is 5.69 Å². The van der Waals surface area contributed by atoms with Crippen LogP contribution >= 0.6 is 0 Å². The van der Waals surface area contributed by atoms with E-state index >= 15 is 0 Å². The van der Waals surface area contributed by atoms with Crippen LogP contribution in [0.3, 0.4) is 0 Å². The third kappa shape index (κ3) is 4.93. The number of hydrogen-bond donors (Lipinski definition) is 1. The van der Waals surface area contributed by atoms with Gasteiger partial charge in [0.1, 0.15) is 11.6 Å². The van der Waals surface area contributed by atoms with Crippen LogP contribution in [0.25, 0.3) is 0 Å². The quantitative estimate of drug-likeness (QED) is 0.795. The van der Waals surface area contributed by atoms with Gasteiger partial charge >= 0.3 is 0 Å². The maximum atomic E-state index is 6.24. The zero-order valence-corrected chi connectivity index (χ0v) is 14.5. The predicted molar refractivity (Wildman–Crippen MR) is 93.9 cm³/mol. The molecule has 5 heteroatoms. The van der Waals surface area contributed by atoms with Gasteiger partial charge in [-0.05, 0) is 64.2 Å². The van der Waals surface area contributed by atoms with Crippen molar-refractivity contribution in [2.45, 2.75) is 26.2 Å². The number of nitrogens with zero attached hydrogens (tertiary/aromatic N) is 3. The molecule has 2 aromatic rings. The summed E-state index contributed by atoms with van der Waals surface area (Å²) in [6, 6.07) is 5.94. The summed E-state index contributed by atoms with van der Waals surface area (Å²) in [6.45, 7) is 3.01. The lowest BCUT2D eigenvalue weighted by Crippen LogP contribution is -2.14. The zero-order chi connectivity index (χ0) is 16.8. The Morgan fingerprint density at radius 2 is 2.00 bits per heavy atom. The molecule has 23 heavy (non-hydrogen) atoms. The van der Waals surface area contributed by atoms with E-state index in [0.717, 1.165) is 53.5 Å². The van der Waals surface area contributed by atoms with Crippen LogP contribution in [0.5, 0.6) is 5.75 Å². The number of methoxy groups -OCH3 is 1. The fraction of sp³-hybridized carbons (Fsp3) is 0.444. The molecule has 0 bridgehead atoms. The van der Waals surface area contributed by atoms with Crippen molar-refractivity contribution in [1.29, 1.82) is 0 Å². The van der Waals surface area contributed by atoms with E-state index < -0.39 is 0 Å². The van der Waals surface area contributed by atoms with Gasteiger partial charge in [0.15, 0.2) is 0 Å². The molecule has 0 radical (unpaired) electrons. The zero-order valence-electron chi connectivity index (χ0n) is 14.5. The third-order valence-electron chi connectivity index (χ3n) is 3.79. The number of rotatable bonds is 7. The summed E-state index contributed by atoms with van der Waals surface area (Å²) >= 11 is 0. The van der Waals surface area contributed by atoms with Crippen LogP contribution in [-0.4, -0.2) is 42.6 Å². The summed E-state index contributed by atoms with van der Waals surface area (Å²) in [5, 5.41) is 0. The molecule has 0 aliphatic heterocycles. The number of aryl methyl sites for hydroxylation is 2. The van der Waals surface area contributed by atoms with E-state index in [0.29, 0.717) is 6.42 Å². The van der Waals surface area contributed by atoms with Gasteiger partial charge in [0.05, 0.1) is 7.11 Å². The van der Waals surface area contributed by atoms with Gasteiger partial charge in [-0.25, -0.2) is 9.97 Å². The Balaban J connectivity index is 2.19. The first-order valence-electron chi connectivity index (χ1n) is 7.88. The number of anilines is 1. The highest BCUT2D eigenvalue weighted by Crippen LogP contribution is 2.28. The second-order valence-electron chi connectivity index (χ2n) is 6.06. The van der Waals surface area contributed by atoms with E-state index in [1.165, 1.54) is 0 Å². The summed E-state index contributed by atoms with van der Waals surface area (Å²) in [7, 11) is 5.85. The lowest BCUT2D eigenvalue weighted by molar-refractivity contribution is 0.398. The molecule has 124 valence electrons. The van der Waals surface area contributed by atoms with Crippen LogP contribution in [0, 0.1) is 6.92 Å². The minimum Gasteiger partial charge on any atom is -0.496 e. The molecule has 0 fully saturated rings. The summed E-state index contributed by atoms with van der Waals surface area (Å²) in [4.78, 5) is 10.9. The fourth-order valence-electron chi connectivity index (χ4n) is 2.57. The summed E-state index contributed by atoms with van der Waals surface area (Å²) < 4.78 is 5.55. The Kier molecular flexibility index (Phi) is 5.93. The van der Waals surface area contributed by atoms with E-state index in [1.54, 1.807) is 13.3 Å². The maximum absolute atomic E-state index is 6.24. The molecular formula is C18H26N4O. The lowest BCUT2D eigenvalue weighted by Gasteiger charge is -2.14. The average Bonchev–Trinajstić information content (AvgIpc) is 2.49. The second-order valence-corrected chi connectivity index (χ2v) is 6.06. The predicted octanol–water partition coefficient (Wildman–Crippen LogP) is 2.46. The van der Waals surface area contributed by atoms with Crippen LogP contribution in [0.2, 0.25) is 0 Å². The Labute approximate surface area is 138 Å². The number of benzene rings is 1. The normalized spacial score (nSPS) is 11.0. The molecule has 0 aliphatic rings. The molecule has 1 heterocycles. The Hall–Kier alpha value is -2.14. The number of nitrogen functional groups attached to an aromatic ring is 1. The first-order valence-corrected chi connectivity index (χ1v) is 7.88. The van der Waals surface area contributed by atoms with Crippen molar-refractivity contribution < 1.29 is 4.74 Å². The SMILES string of the molecule is COc1cc(CCCN(C)C)c(N)cc1Cc1nccc(C)n1. The highest BCUT2D eigenvalue weighted by molar-refractivity contribution is 5.55. The lowest BCUT2D eigenvalue weighted by atomic mass is 10.0. The largest absolute Gasteiger partial charge is 0.496 e. The van der Waals surface area contributed by atoms with Crippen molar-refractivity contribution in [2.24, 2.45) is 0 Å². The molecule has 0 saturated heterocycles. The van der Waals surface area contributed by atoms with E-state index in [4.69, 9.17) is 10.5 Å². The van der Waals surface area contributed by atoms with Gasteiger partial charge in [-0.1, -0.05) is 0 Å². The summed E-state index contributed by atoms with van der Waals surface area (Å²) in [5.74, 6) is 1.63. The summed E-state index contributed by atoms with van der Waals surface area (Å²) in [5.41, 5.74) is 10.2. The number of hydrogen-bond acceptors (Lipinski definition) is 5. The van der Waals surface area contributed by atoms with Crippen LogP contribution in [0.1, 0.15) is 29.1 Å². The Bertz CT molecular complexity index is 655. The third-order valence-corrected chi connectivity index (χ3v) is 3.79. The van der Waals surface area contributed by atoms with Gasteiger partial charge in [0, 0.05) is 29.6 Å². The molecule has 2 rings (SSSR count). The first kappa shape index (κ1) is 17.2. The fourth-order valence-corrected chi connectivity index (χ4v) is 2.57. The van der Waals surface area contributed by atoms with Crippen LogP contribution in [-0.2, 0) is 12.8 Å². The minimum atomic E-state index is 0.618. The van der Waals surface area contributed by atoms with Crippen molar-refractivity contribution in [1.82, 2.24) is 14.9 Å². The molecule has 1 aromatic heterocycles. The molecule has 0 aliphatic carbocycles. The number of ether oxygens (including phenoxy) is 1. The van der Waals surface area contributed by atoms with Gasteiger partial charge in [0.2, 0.25) is 0 Å². The van der Waals surface area contributed by atoms with E-state index in [-0.39, 0.29) is 0 Å². The molecule has 1 aromatic carbocycles. The highest BCUT2D eigenvalue weighted by Gasteiger charge is 2.11. The standard InChI is InChI=1S/C18H26N4O/c1-13-7-8-20-18(21-13)12-15-10-16(19)14(11-17(15)23-4)6-5-9-22(2)3/h7-8,10-11H,5-6,9,12,19H2,1-4H3. The molecule has 0 saturated carbocycles. The monoisotopic (exact) mass is 314 g/mol. The molecule has 0 atom stereocenters. The van der Waals surface area contributed by atoms with Gasteiger partial charge in [-0.2, -0.15) is 0 Å². The van der Waals surface area contributed by atoms with E-state index in [9.17, 15) is 0 Å². The van der Waals surface area contributed by atoms with E-state index in [1.807, 2.05) is 19.1 Å². The molecular weight excluding hydrogens is 288 g/mol. The Morgan fingerprint density at radius 1 is 1.22 bits per heavy atom. The minimum absolute atomic E-state index is 0.618. The Morgan fingerprint density at radius 3 is 2.65 bits per heavy atom. The molecule has 0 amide bonds. The van der Waals surface area contributed by atoms with Crippen LogP contribution in [0.15, 0.2) is 24.4 Å². The van der Waals surface area contributed by atoms with Crippen molar-refractivity contribution in [3.63, 3.8) is 0 Å². The molecule has 2 N–H and O–H groups in total. The van der Waals surface area contributed by atoms with Crippen molar-refractivity contribution >= 4 is 5.69 Å². The van der Waals surface area contributed by atoms with Gasteiger partial charge in [0.25, 0.3) is 0 Å². The van der Waals surface area contributed by atoms with Gasteiger partial charge in [-0.15, -0.1) is 0 Å². The topological polar surface area (TPSA) is 64.3 Å². The second kappa shape index (κ2) is 7.92. The molecule has 5 nitrogen and oxygen atoms in total. The highest BCUT2D eigenvalue weighted by atomic mass is 16.5. The van der Waals surface area contributed by atoms with Crippen molar-refractivity contribution in [3.8, 4) is 5.75 Å². The van der Waals surface area contributed by atoms with Gasteiger partial charge in [-0.3, -0.25) is 0 Å². The first-order chi connectivity index (χ1) is 11.0. The number of nitrogens with two attached hydrogens (primary N) is 1. The maximum Gasteiger partial charge on any atom is 0.133 e. The van der Waals surface area contributed by atoms with Gasteiger partial charge < -0.3 is 15.4 Å². The van der Waals surface area contributed by atoms with E-state index in [2.05, 4.69) is 35.0 Å². The van der Waals surface area contributed by atoms with Crippen LogP contribution < -0.4 is 10.5 Å². The summed E-state index contributed by atoms with van der Waals surface area (Å²) in [6.07, 6.45) is 4.42.